The van der Waals surface area contributed by atoms with Crippen molar-refractivity contribution in [2.75, 3.05) is 0 Å². The molecule has 0 aliphatic rings. The lowest BCUT2D eigenvalue weighted by Gasteiger charge is -2.09. The molecule has 0 atom stereocenters. The first-order valence-corrected chi connectivity index (χ1v) is 9.81. The van der Waals surface area contributed by atoms with Gasteiger partial charge in [0.05, 0.1) is 0 Å². The van der Waals surface area contributed by atoms with Gasteiger partial charge in [0.15, 0.2) is 0 Å². The predicted molar refractivity (Wildman–Crippen MR) is 118 cm³/mol. The van der Waals surface area contributed by atoms with Gasteiger partial charge >= 0.3 is 0 Å². The molecule has 0 fully saturated rings. The van der Waals surface area contributed by atoms with Crippen LogP contribution >= 0.6 is 0 Å². The third-order valence-corrected chi connectivity index (χ3v) is 4.77. The summed E-state index contributed by atoms with van der Waals surface area (Å²) in [4.78, 5) is 0. The van der Waals surface area contributed by atoms with Gasteiger partial charge in [-0.25, -0.2) is 0 Å². The fraction of sp³-hybridized carbons (Fsp3) is 0.111. The number of aryl methyl sites for hydroxylation is 2. The van der Waals surface area contributed by atoms with E-state index in [9.17, 15) is 0 Å². The molecule has 0 radical (unpaired) electrons. The smallest absolute Gasteiger partial charge is 0.127 e. The molecular formula is C27H24O2. The lowest BCUT2D eigenvalue weighted by Crippen LogP contribution is -1.90. The van der Waals surface area contributed by atoms with E-state index in [4.69, 9.17) is 9.47 Å². The molecule has 0 spiro atoms. The second kappa shape index (κ2) is 8.66. The van der Waals surface area contributed by atoms with Crippen molar-refractivity contribution in [2.24, 2.45) is 0 Å². The van der Waals surface area contributed by atoms with Crippen LogP contribution in [0.3, 0.4) is 0 Å². The first-order valence-electron chi connectivity index (χ1n) is 9.81. The van der Waals surface area contributed by atoms with Gasteiger partial charge in [-0.05, 0) is 79.9 Å². The second-order valence-corrected chi connectivity index (χ2v) is 7.29. The summed E-state index contributed by atoms with van der Waals surface area (Å²) in [7, 11) is 0. The lowest BCUT2D eigenvalue weighted by molar-refractivity contribution is 0.482. The van der Waals surface area contributed by atoms with Crippen molar-refractivity contribution in [1.82, 2.24) is 0 Å². The molecule has 2 nitrogen and oxygen atoms in total. The first-order chi connectivity index (χ1) is 14.1. The third kappa shape index (κ3) is 5.26. The van der Waals surface area contributed by atoms with Gasteiger partial charge in [0.1, 0.15) is 23.0 Å². The summed E-state index contributed by atoms with van der Waals surface area (Å²) in [5, 5.41) is 0. The van der Waals surface area contributed by atoms with Crippen molar-refractivity contribution in [3.8, 4) is 23.0 Å². The molecule has 0 amide bonds. The average molecular weight is 380 g/mol. The topological polar surface area (TPSA) is 18.5 Å². The molecule has 4 aromatic rings. The van der Waals surface area contributed by atoms with E-state index in [2.05, 4.69) is 62.4 Å². The van der Waals surface area contributed by atoms with Crippen molar-refractivity contribution in [3.05, 3.63) is 119 Å². The van der Waals surface area contributed by atoms with Crippen LogP contribution < -0.4 is 9.47 Å². The van der Waals surface area contributed by atoms with Crippen LogP contribution in [0.15, 0.2) is 97.1 Å². The Balaban J connectivity index is 1.36. The molecule has 0 N–H and O–H groups in total. The Labute approximate surface area is 172 Å². The van der Waals surface area contributed by atoms with E-state index in [1.807, 2.05) is 48.5 Å². The molecule has 0 aliphatic heterocycles. The maximum Gasteiger partial charge on any atom is 0.127 e. The normalized spacial score (nSPS) is 10.6. The Morgan fingerprint density at radius 1 is 0.414 bits per heavy atom. The monoisotopic (exact) mass is 380 g/mol. The SMILES string of the molecule is Cc1ccc(Oc2ccc(Cc3ccc(Oc4ccc(C)cc4)cc3)cc2)cc1. The molecule has 0 unspecified atom stereocenters. The highest BCUT2D eigenvalue weighted by molar-refractivity contribution is 5.38. The second-order valence-electron chi connectivity index (χ2n) is 7.29. The van der Waals surface area contributed by atoms with E-state index in [0.29, 0.717) is 0 Å². The van der Waals surface area contributed by atoms with E-state index >= 15 is 0 Å². The number of rotatable bonds is 6. The molecule has 0 aromatic heterocycles. The Bertz CT molecular complexity index is 957. The minimum absolute atomic E-state index is 0.847. The zero-order valence-corrected chi connectivity index (χ0v) is 16.8. The summed E-state index contributed by atoms with van der Waals surface area (Å²) in [6.07, 6.45) is 0.871. The van der Waals surface area contributed by atoms with Crippen molar-refractivity contribution < 1.29 is 9.47 Å². The molecule has 4 aromatic carbocycles. The quantitative estimate of drug-likeness (QED) is 0.345. The number of ether oxygens (including phenoxy) is 2. The molecule has 0 aliphatic carbocycles. The lowest BCUT2D eigenvalue weighted by atomic mass is 10.0. The Kier molecular flexibility index (Phi) is 5.62. The van der Waals surface area contributed by atoms with Crippen LogP contribution in [0.5, 0.6) is 23.0 Å². The molecule has 0 heterocycles. The van der Waals surface area contributed by atoms with Crippen molar-refractivity contribution >= 4 is 0 Å². The van der Waals surface area contributed by atoms with Crippen LogP contribution in [0.25, 0.3) is 0 Å². The van der Waals surface area contributed by atoms with Crippen molar-refractivity contribution in [1.29, 1.82) is 0 Å². The predicted octanol–water partition coefficient (Wildman–Crippen LogP) is 7.48. The summed E-state index contributed by atoms with van der Waals surface area (Å²) >= 11 is 0. The van der Waals surface area contributed by atoms with E-state index in [1.165, 1.54) is 22.3 Å². The molecule has 4 rings (SSSR count). The highest BCUT2D eigenvalue weighted by atomic mass is 16.5. The summed E-state index contributed by atoms with van der Waals surface area (Å²) < 4.78 is 11.8. The van der Waals surface area contributed by atoms with Gasteiger partial charge in [0.2, 0.25) is 0 Å². The van der Waals surface area contributed by atoms with Gasteiger partial charge in [-0.15, -0.1) is 0 Å². The largest absolute Gasteiger partial charge is 0.457 e. The van der Waals surface area contributed by atoms with Crippen molar-refractivity contribution in [2.45, 2.75) is 20.3 Å². The number of hydrogen-bond donors (Lipinski definition) is 0. The standard InChI is InChI=1S/C27H24O2/c1-20-3-11-24(12-4-20)28-26-15-7-22(8-16-26)19-23-9-17-27(18-10-23)29-25-13-5-21(2)6-14-25/h3-18H,19H2,1-2H3. The van der Waals surface area contributed by atoms with Gasteiger partial charge in [0.25, 0.3) is 0 Å². The summed E-state index contributed by atoms with van der Waals surface area (Å²) in [5.41, 5.74) is 4.94. The van der Waals surface area contributed by atoms with E-state index in [0.717, 1.165) is 29.4 Å². The number of benzene rings is 4. The van der Waals surface area contributed by atoms with Crippen LogP contribution in [0.1, 0.15) is 22.3 Å². The Hall–Kier alpha value is -3.52. The first kappa shape index (κ1) is 18.8. The minimum atomic E-state index is 0.847. The minimum Gasteiger partial charge on any atom is -0.457 e. The molecule has 144 valence electrons. The molecule has 0 bridgehead atoms. The van der Waals surface area contributed by atoms with Crippen LogP contribution in [0.4, 0.5) is 0 Å². The highest BCUT2D eigenvalue weighted by Crippen LogP contribution is 2.25. The third-order valence-electron chi connectivity index (χ3n) is 4.77. The van der Waals surface area contributed by atoms with E-state index in [-0.39, 0.29) is 0 Å². The zero-order valence-electron chi connectivity index (χ0n) is 16.8. The van der Waals surface area contributed by atoms with Gasteiger partial charge in [-0.2, -0.15) is 0 Å². The maximum atomic E-state index is 5.90. The van der Waals surface area contributed by atoms with Gasteiger partial charge in [0, 0.05) is 0 Å². The van der Waals surface area contributed by atoms with Gasteiger partial charge in [-0.3, -0.25) is 0 Å². The van der Waals surface area contributed by atoms with Crippen molar-refractivity contribution in [3.63, 3.8) is 0 Å². The molecule has 0 saturated carbocycles. The summed E-state index contributed by atoms with van der Waals surface area (Å²) in [5.74, 6) is 3.40. The molecular weight excluding hydrogens is 356 g/mol. The molecule has 2 heteroatoms. The summed E-state index contributed by atoms with van der Waals surface area (Å²) in [6.45, 7) is 4.14. The van der Waals surface area contributed by atoms with Crippen LogP contribution in [0, 0.1) is 13.8 Å². The van der Waals surface area contributed by atoms with Gasteiger partial charge in [-0.1, -0.05) is 59.7 Å². The highest BCUT2D eigenvalue weighted by Gasteiger charge is 2.02. The van der Waals surface area contributed by atoms with Crippen LogP contribution in [-0.4, -0.2) is 0 Å². The molecule has 29 heavy (non-hydrogen) atoms. The van der Waals surface area contributed by atoms with E-state index in [1.54, 1.807) is 0 Å². The molecule has 0 saturated heterocycles. The Morgan fingerprint density at radius 2 is 0.690 bits per heavy atom. The summed E-state index contributed by atoms with van der Waals surface area (Å²) in [6, 6.07) is 32.7. The fourth-order valence-electron chi connectivity index (χ4n) is 3.07. The number of hydrogen-bond acceptors (Lipinski definition) is 2. The maximum absolute atomic E-state index is 5.90. The van der Waals surface area contributed by atoms with E-state index < -0.39 is 0 Å². The average Bonchev–Trinajstić information content (AvgIpc) is 2.74. The van der Waals surface area contributed by atoms with Crippen LogP contribution in [0.2, 0.25) is 0 Å². The zero-order chi connectivity index (χ0) is 20.1. The van der Waals surface area contributed by atoms with Crippen LogP contribution in [-0.2, 0) is 6.42 Å². The Morgan fingerprint density at radius 3 is 1.00 bits per heavy atom. The van der Waals surface area contributed by atoms with Gasteiger partial charge < -0.3 is 9.47 Å². The fourth-order valence-corrected chi connectivity index (χ4v) is 3.07.